The molecule has 0 bridgehead atoms. The standard InChI is InChI=1S/C5H12N2O2S/c6-5-2-1-3-7(4-5)10(8)9/h5,10H,1-4,6H2. The molecule has 0 spiro atoms. The van der Waals surface area contributed by atoms with Gasteiger partial charge in [0.05, 0.1) is 0 Å². The van der Waals surface area contributed by atoms with Crippen molar-refractivity contribution in [2.45, 2.75) is 18.9 Å². The molecule has 1 unspecified atom stereocenters. The van der Waals surface area contributed by atoms with Crippen molar-refractivity contribution in [3.05, 3.63) is 0 Å². The Morgan fingerprint density at radius 1 is 1.50 bits per heavy atom. The minimum Gasteiger partial charge on any atom is -0.327 e. The highest BCUT2D eigenvalue weighted by atomic mass is 32.2. The molecule has 0 aliphatic carbocycles. The number of rotatable bonds is 1. The average Bonchev–Trinajstić information content (AvgIpc) is 1.88. The van der Waals surface area contributed by atoms with Crippen molar-refractivity contribution < 1.29 is 8.42 Å². The van der Waals surface area contributed by atoms with Crippen LogP contribution in [0.15, 0.2) is 0 Å². The fraction of sp³-hybridized carbons (Fsp3) is 1.00. The van der Waals surface area contributed by atoms with Gasteiger partial charge in [-0.15, -0.1) is 0 Å². The van der Waals surface area contributed by atoms with E-state index in [9.17, 15) is 8.42 Å². The molecule has 1 rings (SSSR count). The van der Waals surface area contributed by atoms with Crippen molar-refractivity contribution in [2.75, 3.05) is 13.1 Å². The maximum Gasteiger partial charge on any atom is 0.203 e. The lowest BCUT2D eigenvalue weighted by Crippen LogP contribution is -2.41. The second-order valence-electron chi connectivity index (χ2n) is 2.55. The molecule has 0 amide bonds. The molecule has 0 aromatic heterocycles. The highest BCUT2D eigenvalue weighted by Gasteiger charge is 2.17. The molecule has 1 saturated heterocycles. The first-order valence-electron chi connectivity index (χ1n) is 3.35. The summed E-state index contributed by atoms with van der Waals surface area (Å²) in [6, 6.07) is 0.0432. The number of hydrogen-bond donors (Lipinski definition) is 2. The summed E-state index contributed by atoms with van der Waals surface area (Å²) in [5.41, 5.74) is 5.55. The molecule has 1 fully saturated rings. The predicted octanol–water partition coefficient (Wildman–Crippen LogP) is -1.06. The Bertz CT molecular complexity index is 172. The first kappa shape index (κ1) is 7.97. The molecule has 4 nitrogen and oxygen atoms in total. The van der Waals surface area contributed by atoms with E-state index < -0.39 is 10.9 Å². The fourth-order valence-electron chi connectivity index (χ4n) is 1.14. The van der Waals surface area contributed by atoms with Gasteiger partial charge in [-0.2, -0.15) is 0 Å². The Hall–Kier alpha value is -0.130. The van der Waals surface area contributed by atoms with Gasteiger partial charge in [0, 0.05) is 19.1 Å². The summed E-state index contributed by atoms with van der Waals surface area (Å²) < 4.78 is 22.2. The lowest BCUT2D eigenvalue weighted by atomic mass is 10.1. The fourth-order valence-corrected chi connectivity index (χ4v) is 1.79. The van der Waals surface area contributed by atoms with Crippen LogP contribution in [0.25, 0.3) is 0 Å². The van der Waals surface area contributed by atoms with Gasteiger partial charge >= 0.3 is 0 Å². The SMILES string of the molecule is NC1CCCN([SH](=O)=O)C1. The van der Waals surface area contributed by atoms with Crippen LogP contribution >= 0.6 is 0 Å². The molecule has 0 saturated carbocycles. The van der Waals surface area contributed by atoms with Crippen LogP contribution in [0.5, 0.6) is 0 Å². The second kappa shape index (κ2) is 3.32. The lowest BCUT2D eigenvalue weighted by molar-refractivity contribution is 0.324. The Balaban J connectivity index is 2.47. The molecule has 1 atom stereocenters. The van der Waals surface area contributed by atoms with Gasteiger partial charge in [-0.05, 0) is 12.8 Å². The summed E-state index contributed by atoms with van der Waals surface area (Å²) >= 11 is 0. The van der Waals surface area contributed by atoms with Gasteiger partial charge in [-0.3, -0.25) is 0 Å². The number of nitrogens with zero attached hydrogens (tertiary/aromatic N) is 1. The van der Waals surface area contributed by atoms with E-state index in [1.54, 1.807) is 0 Å². The van der Waals surface area contributed by atoms with Gasteiger partial charge < -0.3 is 5.73 Å². The van der Waals surface area contributed by atoms with Crippen LogP contribution in [0.3, 0.4) is 0 Å². The third-order valence-corrected chi connectivity index (χ3v) is 2.49. The van der Waals surface area contributed by atoms with E-state index in [0.717, 1.165) is 12.8 Å². The zero-order valence-electron chi connectivity index (χ0n) is 5.69. The Kier molecular flexibility index (Phi) is 2.64. The van der Waals surface area contributed by atoms with Gasteiger partial charge in [0.2, 0.25) is 10.9 Å². The molecule has 1 aliphatic rings. The third kappa shape index (κ3) is 1.93. The van der Waals surface area contributed by atoms with Crippen LogP contribution in [0.4, 0.5) is 0 Å². The van der Waals surface area contributed by atoms with Gasteiger partial charge in [0.25, 0.3) is 0 Å². The summed E-state index contributed by atoms with van der Waals surface area (Å²) in [7, 11) is -2.39. The van der Waals surface area contributed by atoms with Crippen LogP contribution in [-0.4, -0.2) is 31.9 Å². The largest absolute Gasteiger partial charge is 0.327 e. The minimum atomic E-state index is -2.39. The summed E-state index contributed by atoms with van der Waals surface area (Å²) in [4.78, 5) is 0. The molecular formula is C5H12N2O2S. The van der Waals surface area contributed by atoms with E-state index in [-0.39, 0.29) is 6.04 Å². The maximum atomic E-state index is 10.4. The maximum absolute atomic E-state index is 10.4. The summed E-state index contributed by atoms with van der Waals surface area (Å²) in [6.07, 6.45) is 1.84. The second-order valence-corrected chi connectivity index (χ2v) is 3.59. The first-order chi connectivity index (χ1) is 4.70. The van der Waals surface area contributed by atoms with Gasteiger partial charge in [0.1, 0.15) is 0 Å². The molecule has 2 N–H and O–H groups in total. The van der Waals surface area contributed by atoms with Crippen LogP contribution in [-0.2, 0) is 10.9 Å². The molecular weight excluding hydrogens is 152 g/mol. The molecule has 1 heterocycles. The lowest BCUT2D eigenvalue weighted by Gasteiger charge is -2.25. The van der Waals surface area contributed by atoms with Crippen LogP contribution in [0.1, 0.15) is 12.8 Å². The topological polar surface area (TPSA) is 63.4 Å². The molecule has 1 aliphatic heterocycles. The van der Waals surface area contributed by atoms with Crippen LogP contribution in [0, 0.1) is 0 Å². The quantitative estimate of drug-likeness (QED) is 0.485. The zero-order chi connectivity index (χ0) is 7.56. The molecule has 0 radical (unpaired) electrons. The number of hydrogen-bond acceptors (Lipinski definition) is 3. The third-order valence-electron chi connectivity index (χ3n) is 1.67. The number of piperidine rings is 1. The van der Waals surface area contributed by atoms with Crippen molar-refractivity contribution in [3.63, 3.8) is 0 Å². The van der Waals surface area contributed by atoms with Crippen molar-refractivity contribution in [1.29, 1.82) is 0 Å². The van der Waals surface area contributed by atoms with E-state index in [1.165, 1.54) is 4.31 Å². The van der Waals surface area contributed by atoms with Gasteiger partial charge in [0.15, 0.2) is 0 Å². The monoisotopic (exact) mass is 164 g/mol. The zero-order valence-corrected chi connectivity index (χ0v) is 6.59. The van der Waals surface area contributed by atoms with E-state index in [1.807, 2.05) is 0 Å². The summed E-state index contributed by atoms with van der Waals surface area (Å²) in [5, 5.41) is 0. The van der Waals surface area contributed by atoms with Gasteiger partial charge in [-0.25, -0.2) is 12.7 Å². The molecule has 10 heavy (non-hydrogen) atoms. The van der Waals surface area contributed by atoms with E-state index in [0.29, 0.717) is 13.1 Å². The average molecular weight is 164 g/mol. The van der Waals surface area contributed by atoms with Crippen LogP contribution < -0.4 is 5.73 Å². The van der Waals surface area contributed by atoms with E-state index in [2.05, 4.69) is 0 Å². The normalized spacial score (nSPS) is 29.2. The van der Waals surface area contributed by atoms with Crippen molar-refractivity contribution >= 4 is 10.9 Å². The summed E-state index contributed by atoms with van der Waals surface area (Å²) in [6.45, 7) is 1.14. The van der Waals surface area contributed by atoms with Gasteiger partial charge in [-0.1, -0.05) is 0 Å². The van der Waals surface area contributed by atoms with E-state index >= 15 is 0 Å². The number of nitrogens with two attached hydrogens (primary N) is 1. The smallest absolute Gasteiger partial charge is 0.203 e. The molecule has 5 heteroatoms. The van der Waals surface area contributed by atoms with Crippen molar-refractivity contribution in [3.8, 4) is 0 Å². The molecule has 0 aromatic rings. The highest BCUT2D eigenvalue weighted by Crippen LogP contribution is 2.06. The Morgan fingerprint density at radius 3 is 2.60 bits per heavy atom. The minimum absolute atomic E-state index is 0.0432. The van der Waals surface area contributed by atoms with Crippen LogP contribution in [0.2, 0.25) is 0 Å². The van der Waals surface area contributed by atoms with E-state index in [4.69, 9.17) is 5.73 Å². The molecule has 0 aromatic carbocycles. The van der Waals surface area contributed by atoms with Crippen molar-refractivity contribution in [1.82, 2.24) is 4.31 Å². The Labute approximate surface area is 62.1 Å². The highest BCUT2D eigenvalue weighted by molar-refractivity contribution is 7.69. The first-order valence-corrected chi connectivity index (χ1v) is 4.48. The molecule has 60 valence electrons. The number of thiol groups is 1. The Morgan fingerprint density at radius 2 is 2.20 bits per heavy atom. The predicted molar refractivity (Wildman–Crippen MR) is 39.1 cm³/mol. The van der Waals surface area contributed by atoms with Crippen molar-refractivity contribution in [2.24, 2.45) is 5.73 Å². The summed E-state index contributed by atoms with van der Waals surface area (Å²) in [5.74, 6) is 0.